The second-order valence-electron chi connectivity index (χ2n) is 5.44. The van der Waals surface area contributed by atoms with Crippen LogP contribution in [0.4, 0.5) is 0 Å². The van der Waals surface area contributed by atoms with Crippen LogP contribution in [0.25, 0.3) is 5.65 Å². The number of pyridine rings is 1. The van der Waals surface area contributed by atoms with Crippen molar-refractivity contribution in [3.8, 4) is 5.75 Å². The van der Waals surface area contributed by atoms with Gasteiger partial charge in [0.25, 0.3) is 5.91 Å². The van der Waals surface area contributed by atoms with Crippen molar-refractivity contribution in [3.05, 3.63) is 29.7 Å². The van der Waals surface area contributed by atoms with Gasteiger partial charge in [-0.05, 0) is 38.9 Å². The van der Waals surface area contributed by atoms with Gasteiger partial charge in [-0.15, -0.1) is 0 Å². The summed E-state index contributed by atoms with van der Waals surface area (Å²) in [4.78, 5) is 19.4. The zero-order valence-electron chi connectivity index (χ0n) is 13.1. The van der Waals surface area contributed by atoms with Gasteiger partial charge in [-0.2, -0.15) is 0 Å². The first kappa shape index (κ1) is 14.8. The van der Waals surface area contributed by atoms with E-state index in [0.717, 1.165) is 38.3 Å². The van der Waals surface area contributed by atoms with E-state index in [1.165, 1.54) is 0 Å². The molecule has 1 aliphatic rings. The number of aryl methyl sites for hydroxylation is 1. The zero-order chi connectivity index (χ0) is 15.5. The molecule has 1 N–H and O–H groups in total. The molecule has 0 unspecified atom stereocenters. The van der Waals surface area contributed by atoms with Gasteiger partial charge in [-0.3, -0.25) is 9.20 Å². The lowest BCUT2D eigenvalue weighted by molar-refractivity contribution is 0.0758. The lowest BCUT2D eigenvalue weighted by atomic mass is 10.3. The second-order valence-corrected chi connectivity index (χ2v) is 5.44. The first-order chi connectivity index (χ1) is 10.7. The lowest BCUT2D eigenvalue weighted by Crippen LogP contribution is -2.35. The quantitative estimate of drug-likeness (QED) is 0.933. The number of nitrogens with zero attached hydrogens (tertiary/aromatic N) is 3. The molecule has 118 valence electrons. The zero-order valence-corrected chi connectivity index (χ0v) is 13.1. The Hall–Kier alpha value is -2.08. The normalized spacial score (nSPS) is 15.8. The fraction of sp³-hybridized carbons (Fsp3) is 0.500. The van der Waals surface area contributed by atoms with E-state index >= 15 is 0 Å². The number of carbonyl (C=O) groups is 1. The summed E-state index contributed by atoms with van der Waals surface area (Å²) in [6.07, 6.45) is 2.85. The van der Waals surface area contributed by atoms with Crippen molar-refractivity contribution in [1.29, 1.82) is 0 Å². The molecule has 0 radical (unpaired) electrons. The van der Waals surface area contributed by atoms with Crippen LogP contribution in [0, 0.1) is 6.92 Å². The van der Waals surface area contributed by atoms with E-state index < -0.39 is 0 Å². The molecule has 1 saturated heterocycles. The third-order valence-electron chi connectivity index (χ3n) is 3.92. The number of amides is 1. The van der Waals surface area contributed by atoms with Gasteiger partial charge in [0.15, 0.2) is 11.4 Å². The fourth-order valence-electron chi connectivity index (χ4n) is 2.88. The van der Waals surface area contributed by atoms with E-state index in [2.05, 4.69) is 10.3 Å². The van der Waals surface area contributed by atoms with Gasteiger partial charge in [0.2, 0.25) is 0 Å². The number of hydrogen-bond acceptors (Lipinski definition) is 4. The molecule has 1 fully saturated rings. The highest BCUT2D eigenvalue weighted by Gasteiger charge is 2.24. The lowest BCUT2D eigenvalue weighted by Gasteiger charge is -2.20. The predicted molar refractivity (Wildman–Crippen MR) is 84.5 cm³/mol. The Bertz CT molecular complexity index is 672. The minimum absolute atomic E-state index is 0.0438. The highest BCUT2D eigenvalue weighted by molar-refractivity contribution is 5.95. The molecule has 0 bridgehead atoms. The summed E-state index contributed by atoms with van der Waals surface area (Å²) >= 11 is 0. The third-order valence-corrected chi connectivity index (χ3v) is 3.92. The fourth-order valence-corrected chi connectivity index (χ4v) is 2.88. The van der Waals surface area contributed by atoms with E-state index in [1.54, 1.807) is 0 Å². The van der Waals surface area contributed by atoms with E-state index in [4.69, 9.17) is 4.74 Å². The predicted octanol–water partition coefficient (Wildman–Crippen LogP) is 1.48. The Morgan fingerprint density at radius 3 is 3.09 bits per heavy atom. The smallest absolute Gasteiger partial charge is 0.272 e. The largest absolute Gasteiger partial charge is 0.490 e. The molecule has 1 amide bonds. The number of hydrogen-bond donors (Lipinski definition) is 1. The van der Waals surface area contributed by atoms with Crippen LogP contribution in [0.2, 0.25) is 0 Å². The molecule has 0 aliphatic carbocycles. The minimum atomic E-state index is 0.0438. The third kappa shape index (κ3) is 2.66. The number of carbonyl (C=O) groups excluding carboxylic acids is 1. The second kappa shape index (κ2) is 6.36. The molecule has 6 nitrogen and oxygen atoms in total. The first-order valence-corrected chi connectivity index (χ1v) is 7.83. The van der Waals surface area contributed by atoms with Gasteiger partial charge in [0, 0.05) is 25.8 Å². The average Bonchev–Trinajstić information content (AvgIpc) is 2.70. The van der Waals surface area contributed by atoms with E-state index in [1.807, 2.05) is 41.5 Å². The van der Waals surface area contributed by atoms with Crippen molar-refractivity contribution < 1.29 is 9.53 Å². The summed E-state index contributed by atoms with van der Waals surface area (Å²) in [5.41, 5.74) is 2.09. The maximum atomic E-state index is 12.9. The van der Waals surface area contributed by atoms with Gasteiger partial charge in [-0.1, -0.05) is 0 Å². The van der Waals surface area contributed by atoms with Crippen molar-refractivity contribution >= 4 is 11.6 Å². The molecule has 0 aromatic carbocycles. The van der Waals surface area contributed by atoms with Crippen molar-refractivity contribution in [2.75, 3.05) is 32.8 Å². The Morgan fingerprint density at radius 2 is 2.27 bits per heavy atom. The van der Waals surface area contributed by atoms with Crippen LogP contribution in [-0.4, -0.2) is 53.0 Å². The van der Waals surface area contributed by atoms with Crippen molar-refractivity contribution in [3.63, 3.8) is 0 Å². The number of rotatable bonds is 3. The SMILES string of the molecule is CCOc1cccn2c(C(=O)N3CCCNCC3)c(C)nc12. The van der Waals surface area contributed by atoms with Gasteiger partial charge < -0.3 is 15.0 Å². The maximum Gasteiger partial charge on any atom is 0.272 e. The molecule has 3 rings (SSSR count). The Morgan fingerprint density at radius 1 is 1.41 bits per heavy atom. The summed E-state index contributed by atoms with van der Waals surface area (Å²) in [7, 11) is 0. The molecule has 0 saturated carbocycles. The van der Waals surface area contributed by atoms with E-state index in [0.29, 0.717) is 23.7 Å². The molecule has 6 heteroatoms. The van der Waals surface area contributed by atoms with Crippen LogP contribution in [-0.2, 0) is 0 Å². The van der Waals surface area contributed by atoms with E-state index in [9.17, 15) is 4.79 Å². The summed E-state index contributed by atoms with van der Waals surface area (Å²) in [6, 6.07) is 3.77. The topological polar surface area (TPSA) is 58.9 Å². The summed E-state index contributed by atoms with van der Waals surface area (Å²) in [5, 5.41) is 3.32. The van der Waals surface area contributed by atoms with Crippen LogP contribution in [0.1, 0.15) is 29.5 Å². The molecule has 1 aliphatic heterocycles. The van der Waals surface area contributed by atoms with Gasteiger partial charge >= 0.3 is 0 Å². The summed E-state index contributed by atoms with van der Waals surface area (Å²) < 4.78 is 7.46. The highest BCUT2D eigenvalue weighted by Crippen LogP contribution is 2.23. The minimum Gasteiger partial charge on any atom is -0.490 e. The summed E-state index contributed by atoms with van der Waals surface area (Å²) in [5.74, 6) is 0.757. The van der Waals surface area contributed by atoms with Crippen molar-refractivity contribution in [2.45, 2.75) is 20.3 Å². The molecule has 22 heavy (non-hydrogen) atoms. The molecule has 2 aromatic heterocycles. The number of nitrogens with one attached hydrogen (secondary N) is 1. The molecule has 3 heterocycles. The van der Waals surface area contributed by atoms with Gasteiger partial charge in [-0.25, -0.2) is 4.98 Å². The van der Waals surface area contributed by atoms with E-state index in [-0.39, 0.29) is 5.91 Å². The number of ether oxygens (including phenoxy) is 1. The number of fused-ring (bicyclic) bond motifs is 1. The van der Waals surface area contributed by atoms with Crippen molar-refractivity contribution in [2.24, 2.45) is 0 Å². The van der Waals surface area contributed by atoms with Gasteiger partial charge in [0.1, 0.15) is 5.69 Å². The number of aromatic nitrogens is 2. The average molecular weight is 302 g/mol. The van der Waals surface area contributed by atoms with Crippen LogP contribution in [0.5, 0.6) is 5.75 Å². The number of imidazole rings is 1. The Labute approximate surface area is 130 Å². The monoisotopic (exact) mass is 302 g/mol. The summed E-state index contributed by atoms with van der Waals surface area (Å²) in [6.45, 7) is 7.71. The molecule has 2 aromatic rings. The molecular weight excluding hydrogens is 280 g/mol. The Kier molecular flexibility index (Phi) is 4.29. The maximum absolute atomic E-state index is 12.9. The van der Waals surface area contributed by atoms with Crippen LogP contribution in [0.3, 0.4) is 0 Å². The molecular formula is C16H22N4O2. The molecule has 0 spiro atoms. The first-order valence-electron chi connectivity index (χ1n) is 7.83. The van der Waals surface area contributed by atoms with Crippen molar-refractivity contribution in [1.82, 2.24) is 19.6 Å². The molecule has 0 atom stereocenters. The van der Waals surface area contributed by atoms with Crippen LogP contribution < -0.4 is 10.1 Å². The standard InChI is InChI=1S/C16H22N4O2/c1-3-22-13-6-4-10-20-14(12(2)18-15(13)20)16(21)19-9-5-7-17-8-11-19/h4,6,10,17H,3,5,7-9,11H2,1-2H3. The highest BCUT2D eigenvalue weighted by atomic mass is 16.5. The Balaban J connectivity index is 2.00. The van der Waals surface area contributed by atoms with Crippen LogP contribution >= 0.6 is 0 Å². The van der Waals surface area contributed by atoms with Crippen LogP contribution in [0.15, 0.2) is 18.3 Å². The van der Waals surface area contributed by atoms with Gasteiger partial charge in [0.05, 0.1) is 12.3 Å².